The zero-order valence-corrected chi connectivity index (χ0v) is 15.8. The van der Waals surface area contributed by atoms with Crippen LogP contribution in [0.2, 0.25) is 0 Å². The summed E-state index contributed by atoms with van der Waals surface area (Å²) in [6, 6.07) is 12.9. The number of imide groups is 1. The van der Waals surface area contributed by atoms with Crippen molar-refractivity contribution in [3.8, 4) is 0 Å². The number of H-pyrrole nitrogens is 1. The summed E-state index contributed by atoms with van der Waals surface area (Å²) in [5.41, 5.74) is 5.11. The van der Waals surface area contributed by atoms with Gasteiger partial charge in [0.1, 0.15) is 0 Å². The first-order chi connectivity index (χ1) is 13.4. The van der Waals surface area contributed by atoms with E-state index in [1.54, 1.807) is 18.2 Å². The lowest BCUT2D eigenvalue weighted by Crippen LogP contribution is -2.28. The maximum Gasteiger partial charge on any atom is 0.257 e. The number of amides is 3. The van der Waals surface area contributed by atoms with E-state index in [1.807, 2.05) is 38.1 Å². The molecule has 0 radical (unpaired) electrons. The van der Waals surface area contributed by atoms with E-state index in [0.29, 0.717) is 11.3 Å². The van der Waals surface area contributed by atoms with Crippen molar-refractivity contribution >= 4 is 34.3 Å². The molecule has 4 rings (SSSR count). The normalized spacial score (nSPS) is 14.1. The van der Waals surface area contributed by atoms with Crippen molar-refractivity contribution < 1.29 is 14.4 Å². The van der Waals surface area contributed by atoms with Crippen molar-refractivity contribution in [1.82, 2.24) is 9.88 Å². The number of hydrogen-bond acceptors (Lipinski definition) is 3. The molecule has 0 bridgehead atoms. The van der Waals surface area contributed by atoms with Gasteiger partial charge in [-0.05, 0) is 43.2 Å². The molecule has 3 aromatic rings. The summed E-state index contributed by atoms with van der Waals surface area (Å²) < 4.78 is 0. The standard InChI is InChI=1S/C22H21N3O3/c1-13-14(2)23-21-17(13)4-3-5-18(21)22(28)24-16-8-6-15(7-9-16)12-25-19(26)10-11-20(25)27/h3-9,23H,10-12H2,1-2H3,(H,24,28). The van der Waals surface area contributed by atoms with Gasteiger partial charge in [0.25, 0.3) is 5.91 Å². The molecule has 6 nitrogen and oxygen atoms in total. The Hall–Kier alpha value is -3.41. The first kappa shape index (κ1) is 18.0. The molecule has 28 heavy (non-hydrogen) atoms. The van der Waals surface area contributed by atoms with Gasteiger partial charge in [0, 0.05) is 29.6 Å². The van der Waals surface area contributed by atoms with E-state index < -0.39 is 0 Å². The van der Waals surface area contributed by atoms with E-state index in [0.717, 1.165) is 27.7 Å². The zero-order chi connectivity index (χ0) is 19.8. The molecule has 1 aliphatic rings. The van der Waals surface area contributed by atoms with Crippen LogP contribution in [0.15, 0.2) is 42.5 Å². The molecule has 2 aromatic carbocycles. The Kier molecular flexibility index (Phi) is 4.47. The van der Waals surface area contributed by atoms with Crippen molar-refractivity contribution in [2.24, 2.45) is 0 Å². The number of carbonyl (C=O) groups is 3. The topological polar surface area (TPSA) is 82.3 Å². The second-order valence-corrected chi connectivity index (χ2v) is 7.13. The van der Waals surface area contributed by atoms with E-state index >= 15 is 0 Å². The van der Waals surface area contributed by atoms with Gasteiger partial charge in [0.15, 0.2) is 0 Å². The minimum atomic E-state index is -0.190. The lowest BCUT2D eigenvalue weighted by atomic mass is 10.1. The Morgan fingerprint density at radius 3 is 2.39 bits per heavy atom. The number of anilines is 1. The van der Waals surface area contributed by atoms with Gasteiger partial charge in [0.2, 0.25) is 11.8 Å². The Labute approximate surface area is 162 Å². The number of nitrogens with zero attached hydrogens (tertiary/aromatic N) is 1. The molecule has 6 heteroatoms. The van der Waals surface area contributed by atoms with Crippen LogP contribution in [-0.4, -0.2) is 27.6 Å². The monoisotopic (exact) mass is 375 g/mol. The highest BCUT2D eigenvalue weighted by molar-refractivity contribution is 6.12. The number of nitrogens with one attached hydrogen (secondary N) is 2. The zero-order valence-electron chi connectivity index (χ0n) is 15.8. The van der Waals surface area contributed by atoms with Crippen LogP contribution in [0.3, 0.4) is 0 Å². The molecule has 0 spiro atoms. The largest absolute Gasteiger partial charge is 0.358 e. The van der Waals surface area contributed by atoms with Gasteiger partial charge in [0.05, 0.1) is 17.6 Å². The quantitative estimate of drug-likeness (QED) is 0.683. The second kappa shape index (κ2) is 6.96. The number of benzene rings is 2. The van der Waals surface area contributed by atoms with E-state index in [4.69, 9.17) is 0 Å². The van der Waals surface area contributed by atoms with Gasteiger partial charge < -0.3 is 10.3 Å². The van der Waals surface area contributed by atoms with Gasteiger partial charge >= 0.3 is 0 Å². The Morgan fingerprint density at radius 1 is 1.04 bits per heavy atom. The van der Waals surface area contributed by atoms with Crippen LogP contribution in [0, 0.1) is 13.8 Å². The molecule has 1 fully saturated rings. The van der Waals surface area contributed by atoms with Crippen LogP contribution < -0.4 is 5.32 Å². The third kappa shape index (κ3) is 3.17. The van der Waals surface area contributed by atoms with Crippen molar-refractivity contribution in [3.05, 3.63) is 64.8 Å². The average Bonchev–Trinajstić information content (AvgIpc) is 3.16. The van der Waals surface area contributed by atoms with Crippen molar-refractivity contribution in [3.63, 3.8) is 0 Å². The molecule has 0 saturated carbocycles. The molecule has 1 aliphatic heterocycles. The highest BCUT2D eigenvalue weighted by Crippen LogP contribution is 2.25. The number of aromatic nitrogens is 1. The number of aromatic amines is 1. The number of fused-ring (bicyclic) bond motifs is 1. The Bertz CT molecular complexity index is 1080. The molecular formula is C22H21N3O3. The number of para-hydroxylation sites is 1. The highest BCUT2D eigenvalue weighted by Gasteiger charge is 2.28. The van der Waals surface area contributed by atoms with Crippen LogP contribution in [0.25, 0.3) is 10.9 Å². The first-order valence-corrected chi connectivity index (χ1v) is 9.25. The molecule has 3 amide bonds. The number of carbonyl (C=O) groups excluding carboxylic acids is 3. The average molecular weight is 375 g/mol. The van der Waals surface area contributed by atoms with Gasteiger partial charge in [-0.1, -0.05) is 24.3 Å². The molecule has 1 saturated heterocycles. The molecule has 0 atom stereocenters. The molecule has 1 aromatic heterocycles. The maximum atomic E-state index is 12.8. The van der Waals surface area contributed by atoms with E-state index in [2.05, 4.69) is 10.3 Å². The van der Waals surface area contributed by atoms with Crippen molar-refractivity contribution in [2.45, 2.75) is 33.2 Å². The summed E-state index contributed by atoms with van der Waals surface area (Å²) in [4.78, 5) is 40.8. The highest BCUT2D eigenvalue weighted by atomic mass is 16.2. The van der Waals surface area contributed by atoms with Crippen molar-refractivity contribution in [1.29, 1.82) is 0 Å². The fraction of sp³-hybridized carbons (Fsp3) is 0.227. The second-order valence-electron chi connectivity index (χ2n) is 7.13. The summed E-state index contributed by atoms with van der Waals surface area (Å²) in [6.07, 6.45) is 0.576. The Balaban J connectivity index is 1.50. The Morgan fingerprint density at radius 2 is 1.71 bits per heavy atom. The van der Waals surface area contributed by atoms with Crippen LogP contribution in [0.4, 0.5) is 5.69 Å². The summed E-state index contributed by atoms with van der Waals surface area (Å²) >= 11 is 0. The number of hydrogen-bond donors (Lipinski definition) is 2. The SMILES string of the molecule is Cc1[nH]c2c(C(=O)Nc3ccc(CN4C(=O)CCC4=O)cc3)cccc2c1C. The molecule has 0 aliphatic carbocycles. The number of aryl methyl sites for hydroxylation is 2. The van der Waals surface area contributed by atoms with E-state index in [-0.39, 0.29) is 37.1 Å². The van der Waals surface area contributed by atoms with Crippen LogP contribution in [0.5, 0.6) is 0 Å². The van der Waals surface area contributed by atoms with E-state index in [9.17, 15) is 14.4 Å². The molecule has 2 N–H and O–H groups in total. The minimum absolute atomic E-state index is 0.132. The lowest BCUT2D eigenvalue weighted by Gasteiger charge is -2.14. The molecular weight excluding hydrogens is 354 g/mol. The summed E-state index contributed by atoms with van der Waals surface area (Å²) in [5, 5.41) is 3.95. The van der Waals surface area contributed by atoms with Gasteiger partial charge in [-0.2, -0.15) is 0 Å². The minimum Gasteiger partial charge on any atom is -0.358 e. The third-order valence-corrected chi connectivity index (χ3v) is 5.30. The third-order valence-electron chi connectivity index (χ3n) is 5.30. The van der Waals surface area contributed by atoms with Crippen LogP contribution in [0.1, 0.15) is 40.0 Å². The fourth-order valence-corrected chi connectivity index (χ4v) is 3.55. The summed E-state index contributed by atoms with van der Waals surface area (Å²) in [5.74, 6) is -0.455. The predicted molar refractivity (Wildman–Crippen MR) is 107 cm³/mol. The van der Waals surface area contributed by atoms with Crippen molar-refractivity contribution in [2.75, 3.05) is 5.32 Å². The lowest BCUT2D eigenvalue weighted by molar-refractivity contribution is -0.139. The molecule has 142 valence electrons. The molecule has 0 unspecified atom stereocenters. The summed E-state index contributed by atoms with van der Waals surface area (Å²) in [6.45, 7) is 4.29. The smallest absolute Gasteiger partial charge is 0.257 e. The fourth-order valence-electron chi connectivity index (χ4n) is 3.55. The molecule has 2 heterocycles. The van der Waals surface area contributed by atoms with Crippen LogP contribution in [-0.2, 0) is 16.1 Å². The maximum absolute atomic E-state index is 12.8. The number of likely N-dealkylation sites (tertiary alicyclic amines) is 1. The van der Waals surface area contributed by atoms with Crippen LogP contribution >= 0.6 is 0 Å². The van der Waals surface area contributed by atoms with E-state index in [1.165, 1.54) is 4.90 Å². The van der Waals surface area contributed by atoms with Gasteiger partial charge in [-0.25, -0.2) is 0 Å². The number of rotatable bonds is 4. The van der Waals surface area contributed by atoms with Gasteiger partial charge in [-0.15, -0.1) is 0 Å². The predicted octanol–water partition coefficient (Wildman–Crippen LogP) is 3.69. The first-order valence-electron chi connectivity index (χ1n) is 9.25. The van der Waals surface area contributed by atoms with Gasteiger partial charge in [-0.3, -0.25) is 19.3 Å². The summed E-state index contributed by atoms with van der Waals surface area (Å²) in [7, 11) is 0.